The number of aryl methyl sites for hydroxylation is 2. The van der Waals surface area contributed by atoms with Gasteiger partial charge in [-0.3, -0.25) is 0 Å². The fourth-order valence-electron chi connectivity index (χ4n) is 2.05. The number of hydrogen-bond donors (Lipinski definition) is 2. The molecule has 0 bridgehead atoms. The summed E-state index contributed by atoms with van der Waals surface area (Å²) in [5.74, 6) is 1.46. The molecule has 0 saturated carbocycles. The van der Waals surface area contributed by atoms with Gasteiger partial charge in [-0.25, -0.2) is 4.98 Å². The van der Waals surface area contributed by atoms with Crippen LogP contribution >= 0.6 is 0 Å². The Morgan fingerprint density at radius 1 is 1.00 bits per heavy atom. The first-order chi connectivity index (χ1) is 9.74. The number of nitrogens with zero attached hydrogens (tertiary/aromatic N) is 2. The van der Waals surface area contributed by atoms with Gasteiger partial charge in [-0.05, 0) is 58.7 Å². The molecule has 0 spiro atoms. The highest BCUT2D eigenvalue weighted by Gasteiger charge is 2.12. The Morgan fingerprint density at radius 2 is 1.71 bits per heavy atom. The third-order valence-corrected chi connectivity index (χ3v) is 3.21. The average molecular weight is 284 g/mol. The molecule has 1 heterocycles. The van der Waals surface area contributed by atoms with Gasteiger partial charge in [0.15, 0.2) is 0 Å². The number of anilines is 3. The van der Waals surface area contributed by atoms with Crippen molar-refractivity contribution >= 4 is 17.5 Å². The van der Waals surface area contributed by atoms with E-state index < -0.39 is 0 Å². The summed E-state index contributed by atoms with van der Waals surface area (Å²) in [4.78, 5) is 8.99. The van der Waals surface area contributed by atoms with E-state index in [4.69, 9.17) is 0 Å². The van der Waals surface area contributed by atoms with Crippen LogP contribution in [0, 0.1) is 20.8 Å². The second-order valence-electron chi connectivity index (χ2n) is 6.47. The molecular formula is C17H24N4. The van der Waals surface area contributed by atoms with Crippen LogP contribution in [0.5, 0.6) is 0 Å². The largest absolute Gasteiger partial charge is 0.350 e. The Morgan fingerprint density at radius 3 is 2.38 bits per heavy atom. The molecule has 0 aliphatic heterocycles. The predicted molar refractivity (Wildman–Crippen MR) is 89.3 cm³/mol. The minimum Gasteiger partial charge on any atom is -0.350 e. The topological polar surface area (TPSA) is 49.8 Å². The summed E-state index contributed by atoms with van der Waals surface area (Å²) >= 11 is 0. The van der Waals surface area contributed by atoms with Crippen LogP contribution in [0.3, 0.4) is 0 Å². The second-order valence-corrected chi connectivity index (χ2v) is 6.47. The Bertz CT molecular complexity index is 642. The van der Waals surface area contributed by atoms with Crippen molar-refractivity contribution in [1.82, 2.24) is 9.97 Å². The van der Waals surface area contributed by atoms with E-state index in [0.29, 0.717) is 5.95 Å². The van der Waals surface area contributed by atoms with Crippen LogP contribution in [-0.2, 0) is 0 Å². The molecule has 1 aromatic heterocycles. The molecule has 0 unspecified atom stereocenters. The summed E-state index contributed by atoms with van der Waals surface area (Å²) in [6.45, 7) is 12.5. The minimum absolute atomic E-state index is 0.0652. The lowest BCUT2D eigenvalue weighted by Gasteiger charge is -2.21. The van der Waals surface area contributed by atoms with Gasteiger partial charge in [0.25, 0.3) is 0 Å². The molecule has 0 aliphatic rings. The Balaban J connectivity index is 2.30. The molecule has 0 aliphatic carbocycles. The Labute approximate surface area is 127 Å². The number of rotatable bonds is 3. The van der Waals surface area contributed by atoms with Crippen LogP contribution in [0.1, 0.15) is 37.6 Å². The fraction of sp³-hybridized carbons (Fsp3) is 0.412. The summed E-state index contributed by atoms with van der Waals surface area (Å²) in [6.07, 6.45) is 0. The molecule has 21 heavy (non-hydrogen) atoms. The molecule has 1 aromatic carbocycles. The lowest BCUT2D eigenvalue weighted by atomic mass is 10.1. The first-order valence-corrected chi connectivity index (χ1v) is 7.22. The van der Waals surface area contributed by atoms with Crippen molar-refractivity contribution in [2.75, 3.05) is 10.6 Å². The van der Waals surface area contributed by atoms with Gasteiger partial charge >= 0.3 is 0 Å². The first-order valence-electron chi connectivity index (χ1n) is 7.22. The van der Waals surface area contributed by atoms with Gasteiger partial charge in [0.05, 0.1) is 0 Å². The van der Waals surface area contributed by atoms with Gasteiger partial charge in [0, 0.05) is 23.0 Å². The Kier molecular flexibility index (Phi) is 4.16. The van der Waals surface area contributed by atoms with Gasteiger partial charge in [-0.15, -0.1) is 0 Å². The third kappa shape index (κ3) is 4.18. The molecule has 2 N–H and O–H groups in total. The van der Waals surface area contributed by atoms with Crippen LogP contribution < -0.4 is 10.6 Å². The molecular weight excluding hydrogens is 260 g/mol. The van der Waals surface area contributed by atoms with E-state index in [9.17, 15) is 0 Å². The third-order valence-electron chi connectivity index (χ3n) is 3.21. The number of aromatic nitrogens is 2. The maximum atomic E-state index is 4.55. The first kappa shape index (κ1) is 15.3. The van der Waals surface area contributed by atoms with E-state index in [0.717, 1.165) is 17.2 Å². The zero-order valence-corrected chi connectivity index (χ0v) is 13.7. The molecule has 0 radical (unpaired) electrons. The summed E-state index contributed by atoms with van der Waals surface area (Å²) in [7, 11) is 0. The van der Waals surface area contributed by atoms with Crippen molar-refractivity contribution in [3.8, 4) is 0 Å². The summed E-state index contributed by atoms with van der Waals surface area (Å²) in [6, 6.07) is 8.18. The van der Waals surface area contributed by atoms with Gasteiger partial charge in [0.2, 0.25) is 5.95 Å². The van der Waals surface area contributed by atoms with Gasteiger partial charge < -0.3 is 10.6 Å². The normalized spacial score (nSPS) is 11.3. The highest BCUT2D eigenvalue weighted by atomic mass is 15.2. The van der Waals surface area contributed by atoms with Crippen LogP contribution in [0.2, 0.25) is 0 Å². The lowest BCUT2D eigenvalue weighted by Crippen LogP contribution is -2.27. The van der Waals surface area contributed by atoms with E-state index in [1.807, 2.05) is 19.1 Å². The maximum Gasteiger partial charge on any atom is 0.225 e. The zero-order chi connectivity index (χ0) is 15.6. The summed E-state index contributed by atoms with van der Waals surface area (Å²) in [5, 5.41) is 6.70. The van der Waals surface area contributed by atoms with E-state index in [-0.39, 0.29) is 5.54 Å². The van der Waals surface area contributed by atoms with Gasteiger partial charge in [-0.1, -0.05) is 12.1 Å². The molecule has 2 rings (SSSR count). The highest BCUT2D eigenvalue weighted by molar-refractivity contribution is 5.62. The smallest absolute Gasteiger partial charge is 0.225 e. The van der Waals surface area contributed by atoms with E-state index in [1.54, 1.807) is 0 Å². The predicted octanol–water partition coefficient (Wildman–Crippen LogP) is 4.36. The molecule has 0 amide bonds. The molecule has 4 heteroatoms. The number of benzene rings is 1. The quantitative estimate of drug-likeness (QED) is 0.879. The fourth-order valence-corrected chi connectivity index (χ4v) is 2.05. The van der Waals surface area contributed by atoms with E-state index in [1.165, 1.54) is 11.1 Å². The van der Waals surface area contributed by atoms with Gasteiger partial charge in [0.1, 0.15) is 5.82 Å². The van der Waals surface area contributed by atoms with Crippen LogP contribution in [0.4, 0.5) is 17.5 Å². The van der Waals surface area contributed by atoms with Crippen molar-refractivity contribution in [2.24, 2.45) is 0 Å². The number of nitrogens with one attached hydrogen (secondary N) is 2. The standard InChI is InChI=1S/C17H24N4/c1-11-8-7-9-14(13(11)3)19-15-10-12(2)18-16(20-15)21-17(4,5)6/h7-10H,1-6H3,(H2,18,19,20,21). The summed E-state index contributed by atoms with van der Waals surface area (Å²) < 4.78 is 0. The van der Waals surface area contributed by atoms with Crippen molar-refractivity contribution in [1.29, 1.82) is 0 Å². The molecule has 112 valence electrons. The molecule has 0 saturated heterocycles. The van der Waals surface area contributed by atoms with Crippen molar-refractivity contribution in [3.63, 3.8) is 0 Å². The van der Waals surface area contributed by atoms with E-state index >= 15 is 0 Å². The maximum absolute atomic E-state index is 4.55. The summed E-state index contributed by atoms with van der Waals surface area (Å²) in [5.41, 5.74) is 4.45. The number of hydrogen-bond acceptors (Lipinski definition) is 4. The Hall–Kier alpha value is -2.10. The minimum atomic E-state index is -0.0652. The average Bonchev–Trinajstić information content (AvgIpc) is 2.32. The van der Waals surface area contributed by atoms with Crippen molar-refractivity contribution in [2.45, 2.75) is 47.1 Å². The monoisotopic (exact) mass is 284 g/mol. The van der Waals surface area contributed by atoms with Crippen LogP contribution in [0.15, 0.2) is 24.3 Å². The molecule has 0 atom stereocenters. The van der Waals surface area contributed by atoms with Crippen LogP contribution in [-0.4, -0.2) is 15.5 Å². The van der Waals surface area contributed by atoms with E-state index in [2.05, 4.69) is 67.4 Å². The van der Waals surface area contributed by atoms with Crippen molar-refractivity contribution in [3.05, 3.63) is 41.1 Å². The van der Waals surface area contributed by atoms with Gasteiger partial charge in [-0.2, -0.15) is 4.98 Å². The molecule has 2 aromatic rings. The van der Waals surface area contributed by atoms with Crippen molar-refractivity contribution < 1.29 is 0 Å². The SMILES string of the molecule is Cc1cc(Nc2cccc(C)c2C)nc(NC(C)(C)C)n1. The molecule has 4 nitrogen and oxygen atoms in total. The lowest BCUT2D eigenvalue weighted by molar-refractivity contribution is 0.625. The zero-order valence-electron chi connectivity index (χ0n) is 13.7. The molecule has 0 fully saturated rings. The highest BCUT2D eigenvalue weighted by Crippen LogP contribution is 2.23. The second kappa shape index (κ2) is 5.72. The van der Waals surface area contributed by atoms with Crippen LogP contribution in [0.25, 0.3) is 0 Å².